The molecule has 1 atom stereocenters. The summed E-state index contributed by atoms with van der Waals surface area (Å²) in [6.07, 6.45) is 1.97. The van der Waals surface area contributed by atoms with Crippen LogP contribution in [0.1, 0.15) is 46.7 Å². The molecule has 1 aliphatic heterocycles. The molecular weight excluding hydrogens is 356 g/mol. The molecule has 2 aromatic rings. The van der Waals surface area contributed by atoms with Crippen LogP contribution in [0.15, 0.2) is 65.4 Å². The van der Waals surface area contributed by atoms with Crippen molar-refractivity contribution < 1.29 is 14.5 Å². The van der Waals surface area contributed by atoms with E-state index in [-0.39, 0.29) is 17.3 Å². The molecule has 2 aliphatic carbocycles. The number of nitrogens with zero attached hydrogens (tertiary/aromatic N) is 1. The lowest BCUT2D eigenvalue weighted by Gasteiger charge is -2.33. The van der Waals surface area contributed by atoms with Crippen molar-refractivity contribution >= 4 is 23.0 Å². The highest BCUT2D eigenvalue weighted by atomic mass is 16.6. The first-order valence-electron chi connectivity index (χ1n) is 9.22. The van der Waals surface area contributed by atoms with Crippen LogP contribution in [-0.4, -0.2) is 16.5 Å². The summed E-state index contributed by atoms with van der Waals surface area (Å²) >= 11 is 0. The molecule has 28 heavy (non-hydrogen) atoms. The number of non-ortho nitro benzene ring substituents is 1. The molecule has 2 aromatic carbocycles. The molecule has 1 heterocycles. The summed E-state index contributed by atoms with van der Waals surface area (Å²) in [6.45, 7) is 0. The van der Waals surface area contributed by atoms with Crippen LogP contribution in [0, 0.1) is 10.1 Å². The average molecular weight is 372 g/mol. The van der Waals surface area contributed by atoms with Gasteiger partial charge in [-0.25, -0.2) is 0 Å². The molecule has 0 saturated carbocycles. The van der Waals surface area contributed by atoms with Gasteiger partial charge in [-0.1, -0.05) is 36.4 Å². The number of allylic oxidation sites excluding steroid dienone is 3. The Kier molecular flexibility index (Phi) is 3.55. The van der Waals surface area contributed by atoms with Gasteiger partial charge < -0.3 is 5.32 Å². The zero-order valence-electron chi connectivity index (χ0n) is 14.9. The summed E-state index contributed by atoms with van der Waals surface area (Å²) in [5.74, 6) is -0.557. The van der Waals surface area contributed by atoms with Gasteiger partial charge in [-0.05, 0) is 18.4 Å². The topological polar surface area (TPSA) is 89.3 Å². The highest BCUT2D eigenvalue weighted by molar-refractivity contribution is 6.23. The largest absolute Gasteiger partial charge is 0.358 e. The molecule has 0 bridgehead atoms. The van der Waals surface area contributed by atoms with Crippen molar-refractivity contribution in [1.82, 2.24) is 5.32 Å². The van der Waals surface area contributed by atoms with Gasteiger partial charge >= 0.3 is 0 Å². The maximum absolute atomic E-state index is 13.2. The third kappa shape index (κ3) is 2.27. The first-order valence-corrected chi connectivity index (χ1v) is 9.22. The van der Waals surface area contributed by atoms with E-state index in [0.29, 0.717) is 23.1 Å². The molecule has 0 fully saturated rings. The molecule has 0 radical (unpaired) electrons. The molecule has 138 valence electrons. The number of carbonyl (C=O) groups excluding carboxylic acids is 2. The summed E-state index contributed by atoms with van der Waals surface area (Å²) < 4.78 is 0. The number of hydrogen-bond donors (Lipinski definition) is 1. The number of Topliss-reactive ketones (excluding diaryl/α,β-unsaturated/α-hetero) is 2. The molecule has 3 aliphatic rings. The van der Waals surface area contributed by atoms with Crippen molar-refractivity contribution in [2.24, 2.45) is 0 Å². The molecule has 0 unspecified atom stereocenters. The van der Waals surface area contributed by atoms with Crippen LogP contribution < -0.4 is 5.32 Å². The number of nitro groups is 1. The third-order valence-corrected chi connectivity index (χ3v) is 5.70. The lowest BCUT2D eigenvalue weighted by atomic mass is 9.75. The van der Waals surface area contributed by atoms with Gasteiger partial charge in [0.25, 0.3) is 5.69 Å². The Morgan fingerprint density at radius 3 is 2.36 bits per heavy atom. The molecular formula is C22H16N2O4. The van der Waals surface area contributed by atoms with Crippen LogP contribution in [0.2, 0.25) is 0 Å². The van der Waals surface area contributed by atoms with Crippen LogP contribution in [-0.2, 0) is 4.79 Å². The number of fused-ring (bicyclic) bond motifs is 2. The molecule has 6 heteroatoms. The van der Waals surface area contributed by atoms with Crippen LogP contribution in [0.5, 0.6) is 0 Å². The Hall–Kier alpha value is -3.54. The monoisotopic (exact) mass is 372 g/mol. The molecule has 6 nitrogen and oxygen atoms in total. The molecule has 0 saturated heterocycles. The van der Waals surface area contributed by atoms with Gasteiger partial charge in [0.2, 0.25) is 0 Å². The van der Waals surface area contributed by atoms with E-state index >= 15 is 0 Å². The Labute approximate surface area is 160 Å². The Balaban J connectivity index is 1.72. The van der Waals surface area contributed by atoms with Crippen LogP contribution in [0.3, 0.4) is 0 Å². The van der Waals surface area contributed by atoms with Gasteiger partial charge in [-0.2, -0.15) is 0 Å². The van der Waals surface area contributed by atoms with Crippen molar-refractivity contribution in [1.29, 1.82) is 0 Å². The zero-order chi connectivity index (χ0) is 19.4. The molecule has 1 N–H and O–H groups in total. The van der Waals surface area contributed by atoms with Crippen molar-refractivity contribution in [3.05, 3.63) is 92.2 Å². The molecule has 0 aromatic heterocycles. The summed E-state index contributed by atoms with van der Waals surface area (Å²) in [5, 5.41) is 14.4. The van der Waals surface area contributed by atoms with Crippen molar-refractivity contribution in [2.75, 3.05) is 0 Å². The minimum absolute atomic E-state index is 0.0166. The van der Waals surface area contributed by atoms with E-state index in [1.807, 2.05) is 18.2 Å². The lowest BCUT2D eigenvalue weighted by molar-refractivity contribution is -0.384. The summed E-state index contributed by atoms with van der Waals surface area (Å²) in [4.78, 5) is 36.6. The Morgan fingerprint density at radius 1 is 0.929 bits per heavy atom. The first-order chi connectivity index (χ1) is 13.6. The number of dihydropyridines is 1. The van der Waals surface area contributed by atoms with Crippen molar-refractivity contribution in [3.8, 4) is 0 Å². The number of ketones is 2. The highest BCUT2D eigenvalue weighted by Crippen LogP contribution is 2.48. The zero-order valence-corrected chi connectivity index (χ0v) is 14.9. The molecule has 0 spiro atoms. The minimum atomic E-state index is -0.500. The second kappa shape index (κ2) is 5.99. The van der Waals surface area contributed by atoms with E-state index in [4.69, 9.17) is 0 Å². The number of hydrogen-bond acceptors (Lipinski definition) is 5. The summed E-state index contributed by atoms with van der Waals surface area (Å²) in [7, 11) is 0. The van der Waals surface area contributed by atoms with E-state index in [2.05, 4.69) is 5.32 Å². The van der Waals surface area contributed by atoms with Crippen LogP contribution >= 0.6 is 0 Å². The fourth-order valence-corrected chi connectivity index (χ4v) is 4.46. The number of benzene rings is 2. The van der Waals surface area contributed by atoms with Gasteiger partial charge in [0.1, 0.15) is 0 Å². The Bertz CT molecular complexity index is 1130. The van der Waals surface area contributed by atoms with E-state index in [1.54, 1.807) is 18.2 Å². The lowest BCUT2D eigenvalue weighted by Crippen LogP contribution is -2.31. The minimum Gasteiger partial charge on any atom is -0.358 e. The number of nitro benzene ring substituents is 1. The van der Waals surface area contributed by atoms with Crippen molar-refractivity contribution in [3.63, 3.8) is 0 Å². The van der Waals surface area contributed by atoms with E-state index in [1.165, 1.54) is 12.1 Å². The van der Waals surface area contributed by atoms with Gasteiger partial charge in [-0.3, -0.25) is 19.7 Å². The standard InChI is InChI=1S/C22H16N2O4/c25-17-7-3-6-16-19(17)18(12-8-10-13(11-9-12)24(27)28)20-21(23-16)14-4-1-2-5-15(14)22(20)26/h1-2,4-5,8-11,18,23H,3,6-7H2/t18-/m1/s1. The number of carbonyl (C=O) groups is 2. The van der Waals surface area contributed by atoms with Gasteiger partial charge in [-0.15, -0.1) is 0 Å². The number of rotatable bonds is 2. The van der Waals surface area contributed by atoms with Gasteiger partial charge in [0, 0.05) is 52.4 Å². The van der Waals surface area contributed by atoms with E-state index < -0.39 is 10.8 Å². The Morgan fingerprint density at radius 2 is 1.64 bits per heavy atom. The fourth-order valence-electron chi connectivity index (χ4n) is 4.46. The number of nitrogens with one attached hydrogen (secondary N) is 1. The smallest absolute Gasteiger partial charge is 0.269 e. The average Bonchev–Trinajstić information content (AvgIpc) is 2.99. The predicted octanol–water partition coefficient (Wildman–Crippen LogP) is 3.90. The van der Waals surface area contributed by atoms with Gasteiger partial charge in [0.15, 0.2) is 11.6 Å². The van der Waals surface area contributed by atoms with E-state index in [9.17, 15) is 19.7 Å². The normalized spacial score (nSPS) is 20.5. The maximum atomic E-state index is 13.2. The third-order valence-electron chi connectivity index (χ3n) is 5.70. The van der Waals surface area contributed by atoms with E-state index in [0.717, 1.165) is 35.4 Å². The summed E-state index contributed by atoms with van der Waals surface area (Å²) in [6, 6.07) is 13.6. The van der Waals surface area contributed by atoms with Crippen LogP contribution in [0.4, 0.5) is 5.69 Å². The second-order valence-electron chi connectivity index (χ2n) is 7.24. The predicted molar refractivity (Wildman–Crippen MR) is 103 cm³/mol. The second-order valence-corrected chi connectivity index (χ2v) is 7.24. The fraction of sp³-hybridized carbons (Fsp3) is 0.182. The van der Waals surface area contributed by atoms with Crippen molar-refractivity contribution in [2.45, 2.75) is 25.2 Å². The quantitative estimate of drug-likeness (QED) is 0.638. The SMILES string of the molecule is O=C1CCCC2=C1[C@@H](c1ccc([N+](=O)[O-])cc1)C1=C(N2)c2ccccc2C1=O. The summed E-state index contributed by atoms with van der Waals surface area (Å²) in [5.41, 5.74) is 4.99. The molecule has 5 rings (SSSR count). The van der Waals surface area contributed by atoms with Crippen LogP contribution in [0.25, 0.3) is 5.70 Å². The first kappa shape index (κ1) is 16.6. The highest BCUT2D eigenvalue weighted by Gasteiger charge is 2.43. The molecule has 0 amide bonds. The maximum Gasteiger partial charge on any atom is 0.269 e. The van der Waals surface area contributed by atoms with Gasteiger partial charge in [0.05, 0.1) is 10.6 Å².